The van der Waals surface area contributed by atoms with E-state index in [-0.39, 0.29) is 18.7 Å². The van der Waals surface area contributed by atoms with Crippen molar-refractivity contribution in [3.05, 3.63) is 81.5 Å². The van der Waals surface area contributed by atoms with Crippen LogP contribution in [0.5, 0.6) is 0 Å². The lowest BCUT2D eigenvalue weighted by Gasteiger charge is -2.31. The second kappa shape index (κ2) is 9.26. The summed E-state index contributed by atoms with van der Waals surface area (Å²) >= 11 is 6.32. The summed E-state index contributed by atoms with van der Waals surface area (Å²) in [5.41, 5.74) is 0.799. The Morgan fingerprint density at radius 1 is 1.20 bits per heavy atom. The van der Waals surface area contributed by atoms with Crippen molar-refractivity contribution in [2.24, 2.45) is 0 Å². The molecule has 0 spiro atoms. The summed E-state index contributed by atoms with van der Waals surface area (Å²) in [6, 6.07) is 9.38. The van der Waals surface area contributed by atoms with Crippen molar-refractivity contribution in [2.45, 2.75) is 31.7 Å². The molecule has 2 heterocycles. The van der Waals surface area contributed by atoms with E-state index in [1.807, 2.05) is 0 Å². The Hall–Kier alpha value is -3.53. The molecule has 0 saturated carbocycles. The molecule has 2 aliphatic rings. The SMILES string of the molecule is C[C@H](C(=O)NCc1cccc(C(F)(F)F)c1)N1CC2=C(C1=O)[C@H](c1ccccc1Cl)NC(=O)N2C. The van der Waals surface area contributed by atoms with Gasteiger partial charge in [-0.2, -0.15) is 13.2 Å². The van der Waals surface area contributed by atoms with E-state index in [1.165, 1.54) is 35.9 Å². The van der Waals surface area contributed by atoms with Crippen LogP contribution in [0, 0.1) is 0 Å². The van der Waals surface area contributed by atoms with Gasteiger partial charge in [0.1, 0.15) is 6.04 Å². The summed E-state index contributed by atoms with van der Waals surface area (Å²) in [4.78, 5) is 41.4. The molecule has 0 aliphatic carbocycles. The van der Waals surface area contributed by atoms with Crippen LogP contribution in [0.4, 0.5) is 18.0 Å². The van der Waals surface area contributed by atoms with E-state index in [2.05, 4.69) is 10.6 Å². The third kappa shape index (κ3) is 4.70. The fraction of sp³-hybridized carbons (Fsp3) is 0.292. The van der Waals surface area contributed by atoms with Crippen molar-refractivity contribution < 1.29 is 27.6 Å². The molecular formula is C24H22ClF3N4O3. The van der Waals surface area contributed by atoms with Crippen molar-refractivity contribution in [1.29, 1.82) is 0 Å². The zero-order chi connectivity index (χ0) is 25.5. The molecule has 184 valence electrons. The molecule has 0 aromatic heterocycles. The lowest BCUT2D eigenvalue weighted by molar-refractivity contribution is -0.137. The van der Waals surface area contributed by atoms with Gasteiger partial charge in [-0.05, 0) is 36.2 Å². The van der Waals surface area contributed by atoms with Crippen molar-refractivity contribution in [2.75, 3.05) is 13.6 Å². The Kier molecular flexibility index (Phi) is 6.50. The number of likely N-dealkylation sites (N-methyl/N-ethyl adjacent to an activating group) is 1. The van der Waals surface area contributed by atoms with Gasteiger partial charge >= 0.3 is 12.2 Å². The van der Waals surface area contributed by atoms with Crippen LogP contribution >= 0.6 is 11.6 Å². The molecule has 0 bridgehead atoms. The van der Waals surface area contributed by atoms with Gasteiger partial charge in [-0.1, -0.05) is 41.9 Å². The normalized spacial score (nSPS) is 19.0. The molecule has 35 heavy (non-hydrogen) atoms. The average Bonchev–Trinajstić information content (AvgIpc) is 3.17. The highest BCUT2D eigenvalue weighted by atomic mass is 35.5. The first-order valence-corrected chi connectivity index (χ1v) is 11.1. The predicted molar refractivity (Wildman–Crippen MR) is 122 cm³/mol. The minimum atomic E-state index is -4.49. The number of carbonyl (C=O) groups is 3. The van der Waals surface area contributed by atoms with Crippen LogP contribution in [0.3, 0.4) is 0 Å². The Morgan fingerprint density at radius 3 is 2.60 bits per heavy atom. The van der Waals surface area contributed by atoms with Gasteiger partial charge in [0, 0.05) is 18.6 Å². The van der Waals surface area contributed by atoms with Crippen LogP contribution in [-0.4, -0.2) is 47.3 Å². The maximum absolute atomic E-state index is 13.4. The molecule has 0 radical (unpaired) electrons. The van der Waals surface area contributed by atoms with E-state index in [0.29, 0.717) is 21.9 Å². The molecule has 4 amide bonds. The molecule has 0 saturated heterocycles. The molecule has 0 fully saturated rings. The van der Waals surface area contributed by atoms with Gasteiger partial charge < -0.3 is 15.5 Å². The molecular weight excluding hydrogens is 485 g/mol. The maximum Gasteiger partial charge on any atom is 0.416 e. The topological polar surface area (TPSA) is 81.8 Å². The Morgan fingerprint density at radius 2 is 1.91 bits per heavy atom. The van der Waals surface area contributed by atoms with Gasteiger partial charge in [0.2, 0.25) is 5.91 Å². The molecule has 7 nitrogen and oxygen atoms in total. The highest BCUT2D eigenvalue weighted by Crippen LogP contribution is 2.38. The number of alkyl halides is 3. The fourth-order valence-corrected chi connectivity index (χ4v) is 4.42. The smallest absolute Gasteiger partial charge is 0.350 e. The summed E-state index contributed by atoms with van der Waals surface area (Å²) in [7, 11) is 1.53. The van der Waals surface area contributed by atoms with E-state index in [4.69, 9.17) is 11.6 Å². The van der Waals surface area contributed by atoms with Crippen LogP contribution in [0.25, 0.3) is 0 Å². The minimum Gasteiger partial charge on any atom is -0.350 e. The van der Waals surface area contributed by atoms with Crippen LogP contribution < -0.4 is 10.6 Å². The number of rotatable bonds is 5. The van der Waals surface area contributed by atoms with Crippen molar-refractivity contribution >= 4 is 29.4 Å². The number of nitrogens with zero attached hydrogens (tertiary/aromatic N) is 2. The van der Waals surface area contributed by atoms with Crippen molar-refractivity contribution in [3.8, 4) is 0 Å². The van der Waals surface area contributed by atoms with Gasteiger partial charge in [-0.15, -0.1) is 0 Å². The van der Waals surface area contributed by atoms with Gasteiger partial charge in [-0.25, -0.2) is 4.79 Å². The predicted octanol–water partition coefficient (Wildman–Crippen LogP) is 3.86. The number of benzene rings is 2. The van der Waals surface area contributed by atoms with Crippen LogP contribution in [0.15, 0.2) is 59.8 Å². The molecule has 4 rings (SSSR count). The number of carbonyl (C=O) groups excluding carboxylic acids is 3. The molecule has 2 aromatic rings. The summed E-state index contributed by atoms with van der Waals surface area (Å²) in [6.07, 6.45) is -4.49. The minimum absolute atomic E-state index is 0.0250. The van der Waals surface area contributed by atoms with Crippen LogP contribution in [-0.2, 0) is 22.3 Å². The van der Waals surface area contributed by atoms with Gasteiger partial charge in [0.15, 0.2) is 0 Å². The first-order chi connectivity index (χ1) is 16.5. The summed E-state index contributed by atoms with van der Waals surface area (Å²) in [5, 5.41) is 5.76. The fourth-order valence-electron chi connectivity index (χ4n) is 4.18. The monoisotopic (exact) mass is 506 g/mol. The second-order valence-corrected chi connectivity index (χ2v) is 8.76. The third-order valence-corrected chi connectivity index (χ3v) is 6.52. The van der Waals surface area contributed by atoms with Gasteiger partial charge in [-0.3, -0.25) is 14.5 Å². The van der Waals surface area contributed by atoms with E-state index in [0.717, 1.165) is 12.1 Å². The molecule has 2 atom stereocenters. The Balaban J connectivity index is 1.51. The van der Waals surface area contributed by atoms with Crippen LogP contribution in [0.2, 0.25) is 5.02 Å². The Labute approximate surface area is 204 Å². The largest absolute Gasteiger partial charge is 0.416 e. The lowest BCUT2D eigenvalue weighted by atomic mass is 9.95. The third-order valence-electron chi connectivity index (χ3n) is 6.17. The van der Waals surface area contributed by atoms with Gasteiger partial charge in [0.05, 0.1) is 29.4 Å². The second-order valence-electron chi connectivity index (χ2n) is 8.35. The first-order valence-electron chi connectivity index (χ1n) is 10.8. The molecule has 0 unspecified atom stereocenters. The summed E-state index contributed by atoms with van der Waals surface area (Å²) in [6.45, 7) is 1.42. The number of hydrogen-bond acceptors (Lipinski definition) is 3. The van der Waals surface area contributed by atoms with Crippen LogP contribution in [0.1, 0.15) is 29.7 Å². The highest BCUT2D eigenvalue weighted by Gasteiger charge is 2.45. The number of amides is 4. The standard InChI is InChI=1S/C24H22ClF3N4O3/c1-13(21(33)29-11-14-6-5-7-15(10-14)24(26,27)28)32-12-18-19(22(32)34)20(30-23(35)31(18)2)16-8-3-4-9-17(16)25/h3-10,13,20H,11-12H2,1-2H3,(H,29,33)(H,30,35)/t13-,20+/m1/s1. The zero-order valence-electron chi connectivity index (χ0n) is 18.8. The Bertz CT molecular complexity index is 1230. The maximum atomic E-state index is 13.4. The lowest BCUT2D eigenvalue weighted by Crippen LogP contribution is -2.46. The average molecular weight is 507 g/mol. The van der Waals surface area contributed by atoms with Crippen molar-refractivity contribution in [1.82, 2.24) is 20.4 Å². The highest BCUT2D eigenvalue weighted by molar-refractivity contribution is 6.31. The zero-order valence-corrected chi connectivity index (χ0v) is 19.6. The first kappa shape index (κ1) is 24.6. The number of nitrogens with one attached hydrogen (secondary N) is 2. The summed E-state index contributed by atoms with van der Waals surface area (Å²) in [5.74, 6) is -0.967. The molecule has 2 aliphatic heterocycles. The molecule has 2 N–H and O–H groups in total. The number of halogens is 4. The number of urea groups is 1. The van der Waals surface area contributed by atoms with Gasteiger partial charge in [0.25, 0.3) is 5.91 Å². The molecule has 11 heteroatoms. The van der Waals surface area contributed by atoms with E-state index in [1.54, 1.807) is 24.3 Å². The molecule has 2 aromatic carbocycles. The van der Waals surface area contributed by atoms with E-state index < -0.39 is 41.7 Å². The number of hydrogen-bond donors (Lipinski definition) is 2. The van der Waals surface area contributed by atoms with E-state index >= 15 is 0 Å². The van der Waals surface area contributed by atoms with Crippen molar-refractivity contribution in [3.63, 3.8) is 0 Å². The quantitative estimate of drug-likeness (QED) is 0.646. The van der Waals surface area contributed by atoms with E-state index in [9.17, 15) is 27.6 Å². The summed E-state index contributed by atoms with van der Waals surface area (Å²) < 4.78 is 38.8.